The molecule has 2 heterocycles. The van der Waals surface area contributed by atoms with Gasteiger partial charge in [0.05, 0.1) is 4.90 Å². The molecule has 20 heavy (non-hydrogen) atoms. The molecule has 3 aromatic rings. The van der Waals surface area contributed by atoms with Crippen molar-refractivity contribution in [1.82, 2.24) is 8.96 Å². The molecular weight excluding hydrogens is 364 g/mol. The van der Waals surface area contributed by atoms with E-state index >= 15 is 0 Å². The first-order valence-electron chi connectivity index (χ1n) is 5.64. The first-order valence-corrected chi connectivity index (χ1v) is 8.25. The lowest BCUT2D eigenvalue weighted by molar-refractivity contribution is 0.589. The van der Waals surface area contributed by atoms with E-state index in [0.717, 1.165) is 3.97 Å². The Morgan fingerprint density at radius 1 is 1.15 bits per heavy atom. The summed E-state index contributed by atoms with van der Waals surface area (Å²) >= 11 is 9.31. The SMILES string of the molecule is O=S(=O)(c1ccccc1)n1ccc2cc(Br)nc(Cl)c21. The average Bonchev–Trinajstić information content (AvgIpc) is 2.84. The summed E-state index contributed by atoms with van der Waals surface area (Å²) < 4.78 is 26.9. The number of benzene rings is 1. The summed E-state index contributed by atoms with van der Waals surface area (Å²) in [6, 6.07) is 11.6. The summed E-state index contributed by atoms with van der Waals surface area (Å²) in [5, 5.41) is 0.843. The van der Waals surface area contributed by atoms with E-state index < -0.39 is 10.0 Å². The Labute approximate surface area is 129 Å². The van der Waals surface area contributed by atoms with Crippen LogP contribution < -0.4 is 0 Å². The van der Waals surface area contributed by atoms with Crippen molar-refractivity contribution >= 4 is 48.5 Å². The summed E-state index contributed by atoms with van der Waals surface area (Å²) in [4.78, 5) is 4.24. The standard InChI is InChI=1S/C13H8BrClN2O2S/c14-11-8-9-6-7-17(12(9)13(15)16-11)20(18,19)10-4-2-1-3-5-10/h1-8H. The van der Waals surface area contributed by atoms with E-state index in [9.17, 15) is 8.42 Å². The predicted molar refractivity (Wildman–Crippen MR) is 81.5 cm³/mol. The highest BCUT2D eigenvalue weighted by Crippen LogP contribution is 2.28. The molecule has 0 saturated carbocycles. The highest BCUT2D eigenvalue weighted by Gasteiger charge is 2.20. The van der Waals surface area contributed by atoms with Crippen LogP contribution in [0.1, 0.15) is 0 Å². The van der Waals surface area contributed by atoms with Crippen molar-refractivity contribution in [3.63, 3.8) is 0 Å². The van der Waals surface area contributed by atoms with Crippen molar-refractivity contribution < 1.29 is 8.42 Å². The van der Waals surface area contributed by atoms with Crippen LogP contribution in [0.25, 0.3) is 10.9 Å². The topological polar surface area (TPSA) is 52.0 Å². The van der Waals surface area contributed by atoms with Gasteiger partial charge in [0.2, 0.25) is 0 Å². The maximum Gasteiger partial charge on any atom is 0.268 e. The van der Waals surface area contributed by atoms with Gasteiger partial charge in [-0.15, -0.1) is 0 Å². The molecule has 0 spiro atoms. The van der Waals surface area contributed by atoms with Crippen molar-refractivity contribution in [2.75, 3.05) is 0 Å². The van der Waals surface area contributed by atoms with Gasteiger partial charge in [0.25, 0.3) is 10.0 Å². The first kappa shape index (κ1) is 13.6. The second kappa shape index (κ2) is 4.87. The number of aromatic nitrogens is 2. The van der Waals surface area contributed by atoms with Crippen molar-refractivity contribution in [3.05, 3.63) is 58.4 Å². The number of rotatable bonds is 2. The Morgan fingerprint density at radius 3 is 2.55 bits per heavy atom. The first-order chi connectivity index (χ1) is 9.50. The number of fused-ring (bicyclic) bond motifs is 1. The third kappa shape index (κ3) is 2.13. The fourth-order valence-corrected chi connectivity index (χ4v) is 4.22. The molecule has 0 N–H and O–H groups in total. The van der Waals surface area contributed by atoms with E-state index in [0.29, 0.717) is 15.5 Å². The molecule has 0 unspecified atom stereocenters. The molecule has 0 fully saturated rings. The minimum Gasteiger partial charge on any atom is -0.238 e. The number of nitrogens with zero attached hydrogens (tertiary/aromatic N) is 2. The van der Waals surface area contributed by atoms with Crippen molar-refractivity contribution in [3.8, 4) is 0 Å². The molecule has 102 valence electrons. The molecule has 3 rings (SSSR count). The number of pyridine rings is 1. The smallest absolute Gasteiger partial charge is 0.238 e. The molecule has 0 aliphatic heterocycles. The van der Waals surface area contributed by atoms with E-state index in [-0.39, 0.29) is 10.0 Å². The molecule has 2 aromatic heterocycles. The minimum absolute atomic E-state index is 0.138. The lowest BCUT2D eigenvalue weighted by Crippen LogP contribution is -2.12. The van der Waals surface area contributed by atoms with Crippen LogP contribution in [0.3, 0.4) is 0 Å². The lowest BCUT2D eigenvalue weighted by atomic mass is 10.3. The van der Waals surface area contributed by atoms with Gasteiger partial charge in [0, 0.05) is 11.6 Å². The third-order valence-corrected chi connectivity index (χ3v) is 5.22. The fourth-order valence-electron chi connectivity index (χ4n) is 1.97. The molecule has 1 aromatic carbocycles. The second-order valence-electron chi connectivity index (χ2n) is 4.10. The summed E-state index contributed by atoms with van der Waals surface area (Å²) in [6.07, 6.45) is 1.48. The fraction of sp³-hybridized carbons (Fsp3) is 0. The molecule has 0 saturated heterocycles. The molecule has 0 bridgehead atoms. The van der Waals surface area contributed by atoms with E-state index in [4.69, 9.17) is 11.6 Å². The van der Waals surface area contributed by atoms with Crippen molar-refractivity contribution in [2.24, 2.45) is 0 Å². The number of halogens is 2. The molecule has 0 atom stereocenters. The van der Waals surface area contributed by atoms with Crippen LogP contribution in [0, 0.1) is 0 Å². The molecule has 0 aliphatic rings. The maximum atomic E-state index is 12.6. The summed E-state index contributed by atoms with van der Waals surface area (Å²) in [5.41, 5.74) is 0.374. The monoisotopic (exact) mass is 370 g/mol. The van der Waals surface area contributed by atoms with Gasteiger partial charge < -0.3 is 0 Å². The van der Waals surface area contributed by atoms with Gasteiger partial charge in [0.15, 0.2) is 5.15 Å². The van der Waals surface area contributed by atoms with Crippen LogP contribution in [0.2, 0.25) is 5.15 Å². The Kier molecular flexibility index (Phi) is 3.32. The van der Waals surface area contributed by atoms with E-state index in [1.807, 2.05) is 0 Å². The molecule has 4 nitrogen and oxygen atoms in total. The Bertz CT molecular complexity index is 891. The summed E-state index contributed by atoms with van der Waals surface area (Å²) in [7, 11) is -3.68. The van der Waals surface area contributed by atoms with Gasteiger partial charge in [-0.3, -0.25) is 0 Å². The largest absolute Gasteiger partial charge is 0.268 e. The Balaban J connectivity index is 2.31. The second-order valence-corrected chi connectivity index (χ2v) is 7.09. The van der Waals surface area contributed by atoms with Crippen LogP contribution in [-0.2, 0) is 10.0 Å². The van der Waals surface area contributed by atoms with Gasteiger partial charge in [0.1, 0.15) is 10.1 Å². The van der Waals surface area contributed by atoms with E-state index in [1.54, 1.807) is 42.5 Å². The molecule has 0 amide bonds. The van der Waals surface area contributed by atoms with Crippen LogP contribution in [0.15, 0.2) is 58.2 Å². The molecule has 0 radical (unpaired) electrons. The van der Waals surface area contributed by atoms with Gasteiger partial charge in [-0.2, -0.15) is 0 Å². The quantitative estimate of drug-likeness (QED) is 0.646. The Morgan fingerprint density at radius 2 is 1.85 bits per heavy atom. The maximum absolute atomic E-state index is 12.6. The average molecular weight is 372 g/mol. The van der Waals surface area contributed by atoms with Gasteiger partial charge >= 0.3 is 0 Å². The minimum atomic E-state index is -3.68. The highest BCUT2D eigenvalue weighted by atomic mass is 79.9. The van der Waals surface area contributed by atoms with Crippen molar-refractivity contribution in [2.45, 2.75) is 4.90 Å². The highest BCUT2D eigenvalue weighted by molar-refractivity contribution is 9.10. The zero-order valence-corrected chi connectivity index (χ0v) is 13.2. The number of hydrogen-bond donors (Lipinski definition) is 0. The zero-order valence-electron chi connectivity index (χ0n) is 9.99. The van der Waals surface area contributed by atoms with E-state index in [1.165, 1.54) is 6.20 Å². The molecule has 0 aliphatic carbocycles. The lowest BCUT2D eigenvalue weighted by Gasteiger charge is -2.08. The third-order valence-electron chi connectivity index (χ3n) is 2.86. The Hall–Kier alpha value is -1.37. The van der Waals surface area contributed by atoms with Crippen LogP contribution >= 0.6 is 27.5 Å². The van der Waals surface area contributed by atoms with Gasteiger partial charge in [-0.25, -0.2) is 17.4 Å². The van der Waals surface area contributed by atoms with Crippen LogP contribution in [0.4, 0.5) is 0 Å². The molecular formula is C13H8BrClN2O2S. The van der Waals surface area contributed by atoms with Gasteiger partial charge in [-0.05, 0) is 40.2 Å². The molecule has 7 heteroatoms. The van der Waals surface area contributed by atoms with Gasteiger partial charge in [-0.1, -0.05) is 29.8 Å². The normalized spacial score (nSPS) is 11.9. The summed E-state index contributed by atoms with van der Waals surface area (Å²) in [5.74, 6) is 0. The summed E-state index contributed by atoms with van der Waals surface area (Å²) in [6.45, 7) is 0. The number of hydrogen-bond acceptors (Lipinski definition) is 3. The van der Waals surface area contributed by atoms with Crippen molar-refractivity contribution in [1.29, 1.82) is 0 Å². The van der Waals surface area contributed by atoms with Crippen LogP contribution in [-0.4, -0.2) is 17.4 Å². The van der Waals surface area contributed by atoms with Crippen LogP contribution in [0.5, 0.6) is 0 Å². The van der Waals surface area contributed by atoms with E-state index in [2.05, 4.69) is 20.9 Å². The predicted octanol–water partition coefficient (Wildman–Crippen LogP) is 3.69. The zero-order chi connectivity index (χ0) is 14.3.